The third-order valence-electron chi connectivity index (χ3n) is 31.8. The number of allylic oxidation sites excluding steroid dienone is 8. The Bertz CT molecular complexity index is 5730. The molecule has 5 fully saturated rings. The second kappa shape index (κ2) is 52.7. The molecule has 26 heteroatoms. The number of aromatic nitrogens is 2. The van der Waals surface area contributed by atoms with Crippen molar-refractivity contribution in [1.29, 1.82) is 0 Å². The van der Waals surface area contributed by atoms with Gasteiger partial charge in [0.2, 0.25) is 0 Å². The van der Waals surface area contributed by atoms with Crippen LogP contribution in [0.3, 0.4) is 0 Å². The summed E-state index contributed by atoms with van der Waals surface area (Å²) in [5.74, 6) is 0.0867. The number of ether oxygens (including phenoxy) is 8. The van der Waals surface area contributed by atoms with Crippen molar-refractivity contribution in [3.63, 3.8) is 0 Å². The highest BCUT2D eigenvalue weighted by Gasteiger charge is 2.48. The van der Waals surface area contributed by atoms with E-state index in [0.29, 0.717) is 80.5 Å². The maximum absolute atomic E-state index is 13.6. The number of rotatable bonds is 27. The summed E-state index contributed by atoms with van der Waals surface area (Å²) in [6.07, 6.45) is 32.6. The van der Waals surface area contributed by atoms with Crippen molar-refractivity contribution >= 4 is 70.8 Å². The number of carbonyl (C=O) groups excluding carboxylic acids is 8. The van der Waals surface area contributed by atoms with Gasteiger partial charge in [-0.2, -0.15) is 0 Å². The van der Waals surface area contributed by atoms with Crippen LogP contribution in [-0.4, -0.2) is 173 Å². The number of carbonyl (C=O) groups is 8. The molecule has 806 valence electrons. The highest BCUT2D eigenvalue weighted by molar-refractivity contribution is 6.01. The topological polar surface area (TPSA) is 350 Å². The van der Waals surface area contributed by atoms with E-state index < -0.39 is 60.2 Å². The van der Waals surface area contributed by atoms with Gasteiger partial charge in [0.1, 0.15) is 60.5 Å². The lowest BCUT2D eigenvalue weighted by Gasteiger charge is -2.44. The highest BCUT2D eigenvalue weighted by atomic mass is 19.1. The van der Waals surface area contributed by atoms with E-state index in [1.165, 1.54) is 35.4 Å². The van der Waals surface area contributed by atoms with Gasteiger partial charge < -0.3 is 73.1 Å². The Morgan fingerprint density at radius 2 is 0.859 bits per heavy atom. The summed E-state index contributed by atoms with van der Waals surface area (Å²) in [5, 5.41) is 60.9. The largest absolute Gasteiger partial charge is 0.462 e. The lowest BCUT2D eigenvalue weighted by Crippen LogP contribution is -2.43. The molecule has 27 atom stereocenters. The number of cyclic esters (lactones) is 5. The van der Waals surface area contributed by atoms with Crippen LogP contribution in [0, 0.1) is 94.0 Å². The quantitative estimate of drug-likeness (QED) is 0.0206. The lowest BCUT2D eigenvalue weighted by atomic mass is 9.65. The van der Waals surface area contributed by atoms with E-state index in [2.05, 4.69) is 122 Å². The second-order valence-electron chi connectivity index (χ2n) is 44.6. The molecule has 4 aromatic carbocycles. The van der Waals surface area contributed by atoms with E-state index in [-0.39, 0.29) is 176 Å². The summed E-state index contributed by atoms with van der Waals surface area (Å²) < 4.78 is 74.6. The Hall–Kier alpha value is -11.1. The first kappa shape index (κ1) is 115. The molecule has 0 saturated carbocycles. The molecule has 6 aromatic rings. The molecule has 5 saturated heterocycles. The molecule has 6 N–H and O–H groups in total. The molecule has 0 radical (unpaired) electrons. The first-order chi connectivity index (χ1) is 71.0. The number of hydrogen-bond donors (Lipinski definition) is 6. The minimum Gasteiger partial charge on any atom is -0.462 e. The predicted octanol–water partition coefficient (Wildman–Crippen LogP) is 22.6. The molecule has 8 unspecified atom stereocenters. The number of aliphatic hydroxyl groups is 6. The van der Waals surface area contributed by atoms with E-state index in [1.54, 1.807) is 30.3 Å². The molecule has 149 heavy (non-hydrogen) atoms. The average molecular weight is 2050 g/mol. The van der Waals surface area contributed by atoms with Crippen LogP contribution in [0.15, 0.2) is 193 Å². The van der Waals surface area contributed by atoms with E-state index in [9.17, 15) is 77.8 Å². The molecule has 7 heterocycles. The van der Waals surface area contributed by atoms with Gasteiger partial charge in [0.05, 0.1) is 97.4 Å². The Morgan fingerprint density at radius 1 is 0.463 bits per heavy atom. The van der Waals surface area contributed by atoms with Gasteiger partial charge in [0.15, 0.2) is 0 Å². The predicted molar refractivity (Wildman–Crippen MR) is 569 cm³/mol. The molecule has 24 nitrogen and oxygen atoms in total. The molecule has 17 rings (SSSR count). The van der Waals surface area contributed by atoms with Crippen molar-refractivity contribution in [2.75, 3.05) is 0 Å². The van der Waals surface area contributed by atoms with Crippen LogP contribution in [0.2, 0.25) is 0 Å². The smallest absolute Gasteiger partial charge is 0.311 e. The van der Waals surface area contributed by atoms with Gasteiger partial charge in [-0.15, -0.1) is 0 Å². The lowest BCUT2D eigenvalue weighted by molar-refractivity contribution is -0.166. The monoisotopic (exact) mass is 2050 g/mol. The zero-order valence-corrected chi connectivity index (χ0v) is 89.6. The normalized spacial score (nSPS) is 30.0. The molecular weight excluding hydrogens is 1900 g/mol. The molecule has 0 amide bonds. The number of para-hydroxylation sites is 1. The van der Waals surface area contributed by atoms with Crippen LogP contribution in [0.4, 0.5) is 8.78 Å². The van der Waals surface area contributed by atoms with Crippen molar-refractivity contribution in [2.24, 2.45) is 82.3 Å². The number of esters is 8. The van der Waals surface area contributed by atoms with Gasteiger partial charge in [0.25, 0.3) is 0 Å². The summed E-state index contributed by atoms with van der Waals surface area (Å²) >= 11 is 0. The van der Waals surface area contributed by atoms with Gasteiger partial charge in [-0.25, -0.2) is 8.78 Å². The molecule has 11 aliphatic rings. The van der Waals surface area contributed by atoms with Gasteiger partial charge in [-0.05, 0) is 240 Å². The Labute approximate surface area is 877 Å². The fourth-order valence-electron chi connectivity index (χ4n) is 23.0. The molecule has 0 spiro atoms. The van der Waals surface area contributed by atoms with Crippen LogP contribution in [0.5, 0.6) is 0 Å². The van der Waals surface area contributed by atoms with Crippen LogP contribution in [0.25, 0.3) is 56.6 Å². The summed E-state index contributed by atoms with van der Waals surface area (Å²) in [7, 11) is 0. The van der Waals surface area contributed by atoms with Crippen molar-refractivity contribution in [3.05, 3.63) is 221 Å². The number of aliphatic hydroxyl groups excluding tert-OH is 6. The van der Waals surface area contributed by atoms with E-state index >= 15 is 0 Å². The standard InChI is InChI=1S/C27H26FNO3.C25H38O5.C24H24FNO3.C24H36O5.C23H34O6/c1-17(2)27-23(13-12-22-14-21(30)15-26(31)32-22)24(18-8-10-20(28)11-9-18)16-25(29-27)19-6-4-3-5-7-19;1-6-25(4,5)24(28)30-21-12-15(2)11-17-8-7-16(3)20(23(17)21)10-9-19-13-18(26)14-22(27)29-19;1-15(2)26-21-6-4-3-5-20(21)24(16-7-9-17(25)10-8-16)22(26)12-11-19-13-18(27)14-23(28)29-19;1-5-15(3)24(27)29-21-11-14(2)10-17-7-6-16(4)20(23(17)21)9-8-19-12-18(25)13-22(26)28-19;1-4-13(2)23(27)29-20-11-16(24)9-15-6-5-14(3)19(22(15)20)8-7-18-10-17(25)12-21(26)28-18/h3-13,16-17,21-22,30H,14-15H2,1-2H3;7-8,11,15-16,18-21,23,26H,6,9-10,12-14H2,1-5H3;3-12,15,18-19,27H,13-14H2,1-2H3;6-7,10,14-16,18-21,23,25H,5,8-9,11-13H2,1-4H3;5-6,9,13-14,16-20,22,24-25H,4,7-8,10-12H2,1-3H3/b13-12+;;12-11+;;/t21-,22?;15-,16-,18+,19?,20?,21-,23-;18-,19?;14-,15-,16-,18+,19?,20?,21-,23-;13-,14-,16-,17+,18?,19?,20-,22-/m10100/s1. The maximum atomic E-state index is 13.6. The zero-order valence-electron chi connectivity index (χ0n) is 89.6. The van der Waals surface area contributed by atoms with Crippen LogP contribution < -0.4 is 0 Å². The van der Waals surface area contributed by atoms with Gasteiger partial charge >= 0.3 is 47.8 Å². The minimum absolute atomic E-state index is 0.0236. The minimum atomic E-state index is -0.703. The van der Waals surface area contributed by atoms with E-state index in [1.807, 2.05) is 127 Å². The summed E-state index contributed by atoms with van der Waals surface area (Å²) in [4.78, 5) is 101. The van der Waals surface area contributed by atoms with Crippen LogP contribution in [-0.2, 0) is 76.3 Å². The molecule has 0 bridgehead atoms. The summed E-state index contributed by atoms with van der Waals surface area (Å²) in [6.45, 7) is 33.0. The number of pyridine rings is 1. The van der Waals surface area contributed by atoms with Crippen molar-refractivity contribution in [2.45, 2.75) is 349 Å². The van der Waals surface area contributed by atoms with E-state index in [4.69, 9.17) is 42.9 Å². The van der Waals surface area contributed by atoms with Crippen molar-refractivity contribution < 1.29 is 116 Å². The fourth-order valence-corrected chi connectivity index (χ4v) is 23.0. The number of fused-ring (bicyclic) bond motifs is 4. The molecule has 6 aliphatic carbocycles. The van der Waals surface area contributed by atoms with Gasteiger partial charge in [-0.3, -0.25) is 43.3 Å². The number of nitrogens with zero attached hydrogens (tertiary/aromatic N) is 2. The second-order valence-corrected chi connectivity index (χ2v) is 44.6. The molecule has 5 aliphatic heterocycles. The first-order valence-electron chi connectivity index (χ1n) is 54.5. The SMILES string of the molecule is CC(C)c1nc(-c2ccccc2)cc(-c2ccc(F)cc2)c1/C=C/C1C[C@@H](O)CC(=O)O1.CC(C)n1c(/C=C/C2C[C@@H](O)CC(=O)O2)c(-c2ccc(F)cc2)c2ccccc21.CCC(C)(C)C(=O)O[C@H]1C[C@@H](C)C=C2C=C[C@H](C)C(CCC3C[C@@H](O)CC(=O)O3)[C@H]21.CC[C@H](C)C(=O)O[C@H]1C[C@@H](C)C=C2C=C[C@H](C)C(CCC3C[C@@H](O)CC(=O)O3)[C@H]21.CC[C@H](C)C(=O)O[C@H]1C[C@@H](O)C=C2C=C[C@H](C)C(CCC3C[C@@H](O)CC(=O)O3)[C@H]21. The molecule has 2 aromatic heterocycles. The number of halogens is 2. The third-order valence-corrected chi connectivity index (χ3v) is 31.8. The first-order valence-corrected chi connectivity index (χ1v) is 54.5. The van der Waals surface area contributed by atoms with Crippen molar-refractivity contribution in [3.8, 4) is 33.5 Å². The maximum Gasteiger partial charge on any atom is 0.311 e. The van der Waals surface area contributed by atoms with Gasteiger partial charge in [0, 0.05) is 95.6 Å². The third kappa shape index (κ3) is 30.7. The Kier molecular flexibility index (Phi) is 40.7. The fraction of sp³-hybridized carbons (Fsp3) is 0.553. The summed E-state index contributed by atoms with van der Waals surface area (Å²) in [6, 6.07) is 33.2. The average Bonchev–Trinajstić information content (AvgIpc) is 1.60. The highest BCUT2D eigenvalue weighted by Crippen LogP contribution is 2.51. The van der Waals surface area contributed by atoms with Crippen LogP contribution in [0.1, 0.15) is 281 Å². The van der Waals surface area contributed by atoms with Crippen molar-refractivity contribution in [1.82, 2.24) is 9.55 Å². The molecular formula is C123H158F2N2O22. The van der Waals surface area contributed by atoms with Crippen LogP contribution >= 0.6 is 0 Å². The zero-order chi connectivity index (χ0) is 108. The Morgan fingerprint density at radius 3 is 1.28 bits per heavy atom. The van der Waals surface area contributed by atoms with E-state index in [0.717, 1.165) is 131 Å². The van der Waals surface area contributed by atoms with Gasteiger partial charge in [-0.1, -0.05) is 217 Å². The number of hydrogen-bond acceptors (Lipinski definition) is 23. The Balaban J connectivity index is 0.000000155. The number of benzene rings is 4. The summed E-state index contributed by atoms with van der Waals surface area (Å²) in [5.41, 5.74) is 12.5.